The molecule has 0 radical (unpaired) electrons. The van der Waals surface area contributed by atoms with Crippen LogP contribution in [0.1, 0.15) is 13.3 Å². The van der Waals surface area contributed by atoms with E-state index < -0.39 is 17.7 Å². The fourth-order valence-corrected chi connectivity index (χ4v) is 2.10. The van der Waals surface area contributed by atoms with Crippen molar-refractivity contribution in [3.63, 3.8) is 0 Å². The minimum Gasteiger partial charge on any atom is -0.334 e. The van der Waals surface area contributed by atoms with Crippen molar-refractivity contribution < 1.29 is 13.6 Å². The van der Waals surface area contributed by atoms with Crippen LogP contribution in [0.3, 0.4) is 0 Å². The highest BCUT2D eigenvalue weighted by molar-refractivity contribution is 5.89. The number of amides is 2. The second-order valence-corrected chi connectivity index (χ2v) is 4.80. The summed E-state index contributed by atoms with van der Waals surface area (Å²) in [6.45, 7) is 3.69. The number of carbonyl (C=O) groups excluding carboxylic acids is 1. The van der Waals surface area contributed by atoms with Gasteiger partial charge in [0.25, 0.3) is 0 Å². The maximum absolute atomic E-state index is 13.4. The van der Waals surface area contributed by atoms with Gasteiger partial charge in [0.15, 0.2) is 0 Å². The van der Waals surface area contributed by atoms with Gasteiger partial charge in [-0.25, -0.2) is 13.6 Å². The number of nitrogens with one attached hydrogen (secondary N) is 3. The van der Waals surface area contributed by atoms with Crippen LogP contribution in [0.2, 0.25) is 0 Å². The van der Waals surface area contributed by atoms with Crippen LogP contribution >= 0.6 is 0 Å². The van der Waals surface area contributed by atoms with E-state index in [1.807, 2.05) is 0 Å². The smallest absolute Gasteiger partial charge is 0.319 e. The maximum atomic E-state index is 13.4. The summed E-state index contributed by atoms with van der Waals surface area (Å²) >= 11 is 0. The summed E-state index contributed by atoms with van der Waals surface area (Å²) in [4.78, 5) is 11.8. The molecule has 2 unspecified atom stereocenters. The number of benzene rings is 1. The standard InChI is InChI=1S/C13H17F2N3O/c1-8-4-5-16-7-12(8)18-13(19)17-11-3-2-9(14)6-10(11)15/h2-3,6,8,12,16H,4-5,7H2,1H3,(H2,17,18,19). The average molecular weight is 269 g/mol. The Morgan fingerprint density at radius 3 is 2.89 bits per heavy atom. The zero-order valence-corrected chi connectivity index (χ0v) is 10.7. The van der Waals surface area contributed by atoms with Crippen LogP contribution in [-0.2, 0) is 0 Å². The molecule has 0 saturated carbocycles. The SMILES string of the molecule is CC1CCNCC1NC(=O)Nc1ccc(F)cc1F. The predicted molar refractivity (Wildman–Crippen MR) is 69.0 cm³/mol. The summed E-state index contributed by atoms with van der Waals surface area (Å²) in [5.74, 6) is -1.09. The molecule has 3 N–H and O–H groups in total. The highest BCUT2D eigenvalue weighted by atomic mass is 19.1. The van der Waals surface area contributed by atoms with Gasteiger partial charge in [-0.2, -0.15) is 0 Å². The normalized spacial score (nSPS) is 22.9. The Balaban J connectivity index is 1.93. The van der Waals surface area contributed by atoms with E-state index in [1.165, 1.54) is 6.07 Å². The van der Waals surface area contributed by atoms with Crippen LogP contribution in [0.5, 0.6) is 0 Å². The zero-order valence-electron chi connectivity index (χ0n) is 10.7. The minimum absolute atomic E-state index is 0.0114. The highest BCUT2D eigenvalue weighted by Crippen LogP contribution is 2.15. The van der Waals surface area contributed by atoms with E-state index in [2.05, 4.69) is 22.9 Å². The van der Waals surface area contributed by atoms with Crippen LogP contribution < -0.4 is 16.0 Å². The molecule has 0 aliphatic carbocycles. The summed E-state index contributed by atoms with van der Waals surface area (Å²) in [6.07, 6.45) is 0.982. The number of hydrogen-bond donors (Lipinski definition) is 3. The third-order valence-electron chi connectivity index (χ3n) is 3.32. The minimum atomic E-state index is -0.787. The molecule has 1 aliphatic rings. The van der Waals surface area contributed by atoms with E-state index in [9.17, 15) is 13.6 Å². The Labute approximate surface area is 110 Å². The summed E-state index contributed by atoms with van der Waals surface area (Å²) in [5, 5.41) is 8.36. The fourth-order valence-electron chi connectivity index (χ4n) is 2.10. The molecule has 0 spiro atoms. The van der Waals surface area contributed by atoms with Crippen molar-refractivity contribution in [3.8, 4) is 0 Å². The van der Waals surface area contributed by atoms with Crippen molar-refractivity contribution in [1.82, 2.24) is 10.6 Å². The molecule has 1 aromatic rings. The first kappa shape index (κ1) is 13.7. The lowest BCUT2D eigenvalue weighted by Crippen LogP contribution is -2.51. The molecule has 104 valence electrons. The van der Waals surface area contributed by atoms with Crippen molar-refractivity contribution in [1.29, 1.82) is 0 Å². The molecule has 1 saturated heterocycles. The lowest BCUT2D eigenvalue weighted by molar-refractivity contribution is 0.236. The molecule has 4 nitrogen and oxygen atoms in total. The largest absolute Gasteiger partial charge is 0.334 e. The van der Waals surface area contributed by atoms with Gasteiger partial charge >= 0.3 is 6.03 Å². The lowest BCUT2D eigenvalue weighted by atomic mass is 9.95. The molecule has 2 amide bonds. The first-order valence-electron chi connectivity index (χ1n) is 6.29. The molecule has 1 fully saturated rings. The summed E-state index contributed by atoms with van der Waals surface area (Å²) in [5.41, 5.74) is -0.0321. The first-order valence-corrected chi connectivity index (χ1v) is 6.29. The lowest BCUT2D eigenvalue weighted by Gasteiger charge is -2.30. The third kappa shape index (κ3) is 3.64. The topological polar surface area (TPSA) is 53.2 Å². The molecule has 1 aromatic carbocycles. The van der Waals surface area contributed by atoms with E-state index in [0.29, 0.717) is 12.5 Å². The van der Waals surface area contributed by atoms with Gasteiger partial charge < -0.3 is 16.0 Å². The second-order valence-electron chi connectivity index (χ2n) is 4.80. The van der Waals surface area contributed by atoms with Gasteiger partial charge in [0.2, 0.25) is 0 Å². The van der Waals surface area contributed by atoms with Crippen molar-refractivity contribution in [2.45, 2.75) is 19.4 Å². The van der Waals surface area contributed by atoms with Crippen molar-refractivity contribution in [2.24, 2.45) is 5.92 Å². The van der Waals surface area contributed by atoms with Gasteiger partial charge in [0, 0.05) is 18.7 Å². The number of hydrogen-bond acceptors (Lipinski definition) is 2. The third-order valence-corrected chi connectivity index (χ3v) is 3.32. The second kappa shape index (κ2) is 5.97. The molecular weight excluding hydrogens is 252 g/mol. The summed E-state index contributed by atoms with van der Waals surface area (Å²) in [6, 6.07) is 2.57. The summed E-state index contributed by atoms with van der Waals surface area (Å²) < 4.78 is 26.1. The molecule has 1 heterocycles. The van der Waals surface area contributed by atoms with Crippen molar-refractivity contribution in [2.75, 3.05) is 18.4 Å². The van der Waals surface area contributed by atoms with Gasteiger partial charge in [-0.1, -0.05) is 6.92 Å². The van der Waals surface area contributed by atoms with Gasteiger partial charge in [-0.05, 0) is 31.0 Å². The van der Waals surface area contributed by atoms with Gasteiger partial charge in [-0.15, -0.1) is 0 Å². The van der Waals surface area contributed by atoms with Crippen molar-refractivity contribution >= 4 is 11.7 Å². The number of urea groups is 1. The fraction of sp³-hybridized carbons (Fsp3) is 0.462. The molecule has 2 atom stereocenters. The molecular formula is C13H17F2N3O. The number of anilines is 1. The van der Waals surface area contributed by atoms with E-state index in [1.54, 1.807) is 0 Å². The van der Waals surface area contributed by atoms with Gasteiger partial charge in [0.1, 0.15) is 11.6 Å². The average Bonchev–Trinajstić information content (AvgIpc) is 2.36. The molecule has 1 aliphatic heterocycles. The van der Waals surface area contributed by atoms with Gasteiger partial charge in [0.05, 0.1) is 5.69 Å². The first-order chi connectivity index (χ1) is 9.06. The summed E-state index contributed by atoms with van der Waals surface area (Å²) in [7, 11) is 0. The Morgan fingerprint density at radius 2 is 2.21 bits per heavy atom. The van der Waals surface area contributed by atoms with Gasteiger partial charge in [-0.3, -0.25) is 0 Å². The van der Waals surface area contributed by atoms with E-state index in [-0.39, 0.29) is 11.7 Å². The highest BCUT2D eigenvalue weighted by Gasteiger charge is 2.22. The zero-order chi connectivity index (χ0) is 13.8. The molecule has 0 aromatic heterocycles. The van der Waals surface area contributed by atoms with E-state index in [4.69, 9.17) is 0 Å². The monoisotopic (exact) mass is 269 g/mol. The van der Waals surface area contributed by atoms with Crippen LogP contribution in [-0.4, -0.2) is 25.2 Å². The number of rotatable bonds is 2. The Morgan fingerprint density at radius 1 is 1.42 bits per heavy atom. The Kier molecular flexibility index (Phi) is 4.31. The van der Waals surface area contributed by atoms with Crippen LogP contribution in [0.15, 0.2) is 18.2 Å². The quantitative estimate of drug-likeness (QED) is 0.770. The maximum Gasteiger partial charge on any atom is 0.319 e. The molecule has 19 heavy (non-hydrogen) atoms. The predicted octanol–water partition coefficient (Wildman–Crippen LogP) is 2.08. The van der Waals surface area contributed by atoms with E-state index in [0.717, 1.165) is 25.1 Å². The number of halogens is 2. The van der Waals surface area contributed by atoms with E-state index >= 15 is 0 Å². The van der Waals surface area contributed by atoms with Crippen LogP contribution in [0.4, 0.5) is 19.3 Å². The van der Waals surface area contributed by atoms with Crippen LogP contribution in [0.25, 0.3) is 0 Å². The van der Waals surface area contributed by atoms with Crippen molar-refractivity contribution in [3.05, 3.63) is 29.8 Å². The molecule has 2 rings (SSSR count). The molecule has 0 bridgehead atoms. The Hall–Kier alpha value is -1.69. The Bertz CT molecular complexity index is 467. The number of carbonyl (C=O) groups is 1. The van der Waals surface area contributed by atoms with Crippen LogP contribution in [0, 0.1) is 17.6 Å². The molecule has 6 heteroatoms. The number of piperidine rings is 1.